The quantitative estimate of drug-likeness (QED) is 0.265. The number of aryl methyl sites for hydroxylation is 2. The van der Waals surface area contributed by atoms with Gasteiger partial charge in [0.15, 0.2) is 5.17 Å². The minimum absolute atomic E-state index is 0.0430. The van der Waals surface area contributed by atoms with Crippen molar-refractivity contribution in [3.05, 3.63) is 84.9 Å². The molecule has 1 amide bonds. The summed E-state index contributed by atoms with van der Waals surface area (Å²) >= 11 is 4.74. The molecule has 3 aromatic rings. The lowest BCUT2D eigenvalue weighted by atomic mass is 10.1. The molecule has 1 aromatic heterocycles. The van der Waals surface area contributed by atoms with Gasteiger partial charge in [-0.25, -0.2) is 4.99 Å². The Kier molecular flexibility index (Phi) is 5.79. The Bertz CT molecular complexity index is 1260. The van der Waals surface area contributed by atoms with Gasteiger partial charge < -0.3 is 9.73 Å². The van der Waals surface area contributed by atoms with E-state index in [9.17, 15) is 14.9 Å². The second-order valence-corrected chi connectivity index (χ2v) is 8.68. The normalized spacial score (nSPS) is 16.2. The first-order valence-corrected chi connectivity index (χ1v) is 10.8. The summed E-state index contributed by atoms with van der Waals surface area (Å²) in [6, 6.07) is 13.5. The molecule has 0 bridgehead atoms. The first kappa shape index (κ1) is 21.1. The third-order valence-electron chi connectivity index (χ3n) is 4.57. The number of benzene rings is 2. The highest BCUT2D eigenvalue weighted by Gasteiger charge is 2.25. The van der Waals surface area contributed by atoms with Crippen molar-refractivity contribution in [1.29, 1.82) is 0 Å². The zero-order valence-electron chi connectivity index (χ0n) is 16.5. The summed E-state index contributed by atoms with van der Waals surface area (Å²) in [5.74, 6) is 0.498. The largest absolute Gasteiger partial charge is 0.456 e. The molecule has 1 saturated heterocycles. The van der Waals surface area contributed by atoms with E-state index in [1.165, 1.54) is 17.8 Å². The van der Waals surface area contributed by atoms with Gasteiger partial charge >= 0.3 is 0 Å². The lowest BCUT2D eigenvalue weighted by molar-refractivity contribution is -0.384. The van der Waals surface area contributed by atoms with Gasteiger partial charge in [0.2, 0.25) is 0 Å². The molecule has 31 heavy (non-hydrogen) atoms. The minimum Gasteiger partial charge on any atom is -0.456 e. The second-order valence-electron chi connectivity index (χ2n) is 6.85. The molecule has 1 aliphatic heterocycles. The van der Waals surface area contributed by atoms with Crippen LogP contribution in [0.1, 0.15) is 16.9 Å². The van der Waals surface area contributed by atoms with Gasteiger partial charge in [0, 0.05) is 16.6 Å². The predicted octanol–water partition coefficient (Wildman–Crippen LogP) is 6.13. The number of nitrogens with one attached hydrogen (secondary N) is 1. The van der Waals surface area contributed by atoms with Crippen molar-refractivity contribution < 1.29 is 14.1 Å². The lowest BCUT2D eigenvalue weighted by Gasteiger charge is -2.04. The molecule has 0 radical (unpaired) electrons. The number of rotatable bonds is 4. The third-order valence-corrected chi connectivity index (χ3v) is 6.73. The van der Waals surface area contributed by atoms with Crippen LogP contribution in [0.25, 0.3) is 17.4 Å². The molecular weight excluding hydrogens is 482 g/mol. The molecular formula is C22H16BrN3O4S. The van der Waals surface area contributed by atoms with Crippen LogP contribution in [0.4, 0.5) is 11.4 Å². The van der Waals surface area contributed by atoms with E-state index in [4.69, 9.17) is 4.42 Å². The second kappa shape index (κ2) is 8.52. The van der Waals surface area contributed by atoms with Gasteiger partial charge in [-0.2, -0.15) is 0 Å². The number of hydrogen-bond acceptors (Lipinski definition) is 6. The molecule has 0 saturated carbocycles. The zero-order chi connectivity index (χ0) is 22.1. The molecule has 2 heterocycles. The summed E-state index contributed by atoms with van der Waals surface area (Å²) in [6.45, 7) is 3.97. The Morgan fingerprint density at radius 2 is 1.87 bits per heavy atom. The van der Waals surface area contributed by atoms with Gasteiger partial charge in [-0.15, -0.1) is 0 Å². The third kappa shape index (κ3) is 4.47. The van der Waals surface area contributed by atoms with Crippen molar-refractivity contribution >= 4 is 56.2 Å². The number of aliphatic imine (C=N–C) groups is 1. The zero-order valence-corrected chi connectivity index (χ0v) is 18.9. The Morgan fingerprint density at radius 3 is 2.58 bits per heavy atom. The topological polar surface area (TPSA) is 97.7 Å². The number of nitro groups is 1. The van der Waals surface area contributed by atoms with Crippen molar-refractivity contribution in [3.8, 4) is 11.3 Å². The highest BCUT2D eigenvalue weighted by molar-refractivity contribution is 9.10. The fraction of sp³-hybridized carbons (Fsp3) is 0.0909. The number of nitrogens with zero attached hydrogens (tertiary/aromatic N) is 2. The number of thioether (sulfide) groups is 1. The van der Waals surface area contributed by atoms with E-state index in [2.05, 4.69) is 26.2 Å². The summed E-state index contributed by atoms with van der Waals surface area (Å²) in [6.07, 6.45) is 1.60. The van der Waals surface area contributed by atoms with E-state index < -0.39 is 4.92 Å². The number of carbonyl (C=O) groups excluding carboxylic acids is 1. The van der Waals surface area contributed by atoms with Gasteiger partial charge in [0.1, 0.15) is 11.5 Å². The van der Waals surface area contributed by atoms with Crippen LogP contribution in [0.2, 0.25) is 0 Å². The summed E-state index contributed by atoms with van der Waals surface area (Å²) in [7, 11) is 0. The van der Waals surface area contributed by atoms with Gasteiger partial charge in [0.05, 0.1) is 21.1 Å². The van der Waals surface area contributed by atoms with E-state index in [-0.39, 0.29) is 11.6 Å². The number of furan rings is 1. The smallest absolute Gasteiger partial charge is 0.280 e. The van der Waals surface area contributed by atoms with Gasteiger partial charge in [-0.1, -0.05) is 28.1 Å². The molecule has 4 rings (SSSR count). The monoisotopic (exact) mass is 497 g/mol. The Balaban J connectivity index is 1.59. The summed E-state index contributed by atoms with van der Waals surface area (Å²) in [5, 5.41) is 14.5. The maximum absolute atomic E-state index is 12.4. The van der Waals surface area contributed by atoms with Gasteiger partial charge in [-0.05, 0) is 67.1 Å². The maximum atomic E-state index is 12.4. The van der Waals surface area contributed by atoms with Crippen LogP contribution in [-0.2, 0) is 4.79 Å². The van der Waals surface area contributed by atoms with E-state index in [0.29, 0.717) is 27.2 Å². The van der Waals surface area contributed by atoms with E-state index in [1.807, 2.05) is 26.0 Å². The molecule has 0 atom stereocenters. The van der Waals surface area contributed by atoms with Crippen LogP contribution in [-0.4, -0.2) is 16.0 Å². The predicted molar refractivity (Wildman–Crippen MR) is 125 cm³/mol. The van der Waals surface area contributed by atoms with Gasteiger partial charge in [-0.3, -0.25) is 14.9 Å². The summed E-state index contributed by atoms with van der Waals surface area (Å²) < 4.78 is 6.78. The highest BCUT2D eigenvalue weighted by atomic mass is 79.9. The molecule has 156 valence electrons. The molecule has 1 fully saturated rings. The van der Waals surface area contributed by atoms with Crippen molar-refractivity contribution in [2.75, 3.05) is 0 Å². The lowest BCUT2D eigenvalue weighted by Crippen LogP contribution is -2.19. The first-order valence-electron chi connectivity index (χ1n) is 9.22. The van der Waals surface area contributed by atoms with Crippen LogP contribution in [0, 0.1) is 24.0 Å². The average Bonchev–Trinajstić information content (AvgIpc) is 3.33. The Hall–Kier alpha value is -3.17. The molecule has 1 N–H and O–H groups in total. The Labute approximate surface area is 190 Å². The summed E-state index contributed by atoms with van der Waals surface area (Å²) in [4.78, 5) is 28.1. The van der Waals surface area contributed by atoms with E-state index >= 15 is 0 Å². The van der Waals surface area contributed by atoms with Crippen molar-refractivity contribution in [1.82, 2.24) is 5.32 Å². The minimum atomic E-state index is -0.454. The van der Waals surface area contributed by atoms with Crippen LogP contribution in [0.5, 0.6) is 0 Å². The number of hydrogen-bond donors (Lipinski definition) is 1. The molecule has 7 nitrogen and oxygen atoms in total. The van der Waals surface area contributed by atoms with E-state index in [0.717, 1.165) is 21.3 Å². The van der Waals surface area contributed by atoms with Gasteiger partial charge in [0.25, 0.3) is 11.6 Å². The highest BCUT2D eigenvalue weighted by Crippen LogP contribution is 2.34. The molecule has 9 heteroatoms. The molecule has 2 aromatic carbocycles. The van der Waals surface area contributed by atoms with Crippen LogP contribution >= 0.6 is 27.7 Å². The number of amidine groups is 1. The molecule has 0 unspecified atom stereocenters. The Morgan fingerprint density at radius 1 is 1.16 bits per heavy atom. The molecule has 0 spiro atoms. The number of nitro benzene ring substituents is 1. The summed E-state index contributed by atoms with van der Waals surface area (Å²) in [5.41, 5.74) is 3.20. The first-order chi connectivity index (χ1) is 14.8. The number of amides is 1. The maximum Gasteiger partial charge on any atom is 0.280 e. The van der Waals surface area contributed by atoms with E-state index in [1.54, 1.807) is 36.4 Å². The molecule has 0 aliphatic carbocycles. The SMILES string of the molecule is Cc1cc(N=C2NC(=O)/C(=C\c3ccc(-c4ccccc4[N+](=O)[O-])o3)S2)cc(C)c1Br. The van der Waals surface area contributed by atoms with Crippen molar-refractivity contribution in [2.45, 2.75) is 13.8 Å². The van der Waals surface area contributed by atoms with Crippen LogP contribution < -0.4 is 5.32 Å². The van der Waals surface area contributed by atoms with Crippen LogP contribution in [0.3, 0.4) is 0 Å². The van der Waals surface area contributed by atoms with Crippen molar-refractivity contribution in [3.63, 3.8) is 0 Å². The molecule has 1 aliphatic rings. The number of carbonyl (C=O) groups is 1. The average molecular weight is 498 g/mol. The van der Waals surface area contributed by atoms with Crippen molar-refractivity contribution in [2.24, 2.45) is 4.99 Å². The number of halogens is 1. The fourth-order valence-electron chi connectivity index (χ4n) is 3.13. The number of para-hydroxylation sites is 1. The van der Waals surface area contributed by atoms with Crippen LogP contribution in [0.15, 0.2) is 67.3 Å². The standard InChI is InChI=1S/C22H16BrN3O4S/c1-12-9-14(10-13(2)20(12)23)24-22-25-21(27)19(31-22)11-15-7-8-18(30-15)16-5-3-4-6-17(16)26(28)29/h3-11H,1-2H3,(H,24,25,27)/b19-11+. The fourth-order valence-corrected chi connectivity index (χ4v) is 4.18.